The Morgan fingerprint density at radius 1 is 1.10 bits per heavy atom. The first-order chi connectivity index (χ1) is 14.5. The second kappa shape index (κ2) is 9.02. The lowest BCUT2D eigenvalue weighted by atomic mass is 10.2. The van der Waals surface area contributed by atoms with E-state index in [0.717, 1.165) is 49.1 Å². The minimum absolute atomic E-state index is 0.0104. The Bertz CT molecular complexity index is 1010. The van der Waals surface area contributed by atoms with Gasteiger partial charge < -0.3 is 15.1 Å². The monoisotopic (exact) mass is 423 g/mol. The van der Waals surface area contributed by atoms with E-state index < -0.39 is 0 Å². The van der Waals surface area contributed by atoms with Crippen LogP contribution in [0.4, 0.5) is 10.8 Å². The lowest BCUT2D eigenvalue weighted by molar-refractivity contribution is 0.0948. The van der Waals surface area contributed by atoms with Crippen LogP contribution < -0.4 is 15.1 Å². The fourth-order valence-corrected chi connectivity index (χ4v) is 4.81. The number of para-hydroxylation sites is 1. The molecule has 0 bridgehead atoms. The maximum absolute atomic E-state index is 12.4. The van der Waals surface area contributed by atoms with Gasteiger partial charge in [-0.05, 0) is 42.8 Å². The number of nitrogens with one attached hydrogen (secondary N) is 1. The number of thiazole rings is 1. The fourth-order valence-electron chi connectivity index (χ4n) is 3.71. The first-order valence-electron chi connectivity index (χ1n) is 10.4. The van der Waals surface area contributed by atoms with Crippen molar-refractivity contribution in [1.29, 1.82) is 0 Å². The molecule has 1 aliphatic rings. The summed E-state index contributed by atoms with van der Waals surface area (Å²) in [7, 11) is 3.99. The summed E-state index contributed by atoms with van der Waals surface area (Å²) in [6, 6.07) is 14.1. The van der Waals surface area contributed by atoms with Gasteiger partial charge in [0, 0.05) is 64.6 Å². The van der Waals surface area contributed by atoms with Gasteiger partial charge in [-0.15, -0.1) is 0 Å². The summed E-state index contributed by atoms with van der Waals surface area (Å²) in [5.41, 5.74) is 4.16. The molecule has 1 N–H and O–H groups in total. The molecule has 0 atom stereocenters. The summed E-state index contributed by atoms with van der Waals surface area (Å²) >= 11 is 1.78. The summed E-state index contributed by atoms with van der Waals surface area (Å²) in [5, 5.41) is 4.16. The Morgan fingerprint density at radius 2 is 1.83 bits per heavy atom. The van der Waals surface area contributed by atoms with Gasteiger partial charge in [0.15, 0.2) is 5.13 Å². The SMILES string of the molecule is Cc1cccc2sc(N3CCN(CCNC(=O)c4ccc(N(C)C)cc4)CC3)nc12. The first kappa shape index (κ1) is 20.6. The normalized spacial score (nSPS) is 14.8. The predicted octanol–water partition coefficient (Wildman–Crippen LogP) is 3.22. The molecule has 1 saturated heterocycles. The average molecular weight is 424 g/mol. The van der Waals surface area contributed by atoms with Crippen molar-refractivity contribution in [2.24, 2.45) is 0 Å². The molecule has 7 heteroatoms. The molecule has 30 heavy (non-hydrogen) atoms. The highest BCUT2D eigenvalue weighted by molar-refractivity contribution is 7.22. The highest BCUT2D eigenvalue weighted by atomic mass is 32.1. The number of amides is 1. The van der Waals surface area contributed by atoms with Gasteiger partial charge >= 0.3 is 0 Å². The van der Waals surface area contributed by atoms with Gasteiger partial charge in [-0.1, -0.05) is 23.5 Å². The van der Waals surface area contributed by atoms with Gasteiger partial charge in [0.1, 0.15) is 0 Å². The third-order valence-corrected chi connectivity index (χ3v) is 6.69. The number of hydrogen-bond acceptors (Lipinski definition) is 6. The van der Waals surface area contributed by atoms with Gasteiger partial charge in [0.05, 0.1) is 10.2 Å². The number of hydrogen-bond donors (Lipinski definition) is 1. The quantitative estimate of drug-likeness (QED) is 0.660. The molecule has 0 aliphatic carbocycles. The maximum Gasteiger partial charge on any atom is 0.251 e. The van der Waals surface area contributed by atoms with Gasteiger partial charge in [0.2, 0.25) is 0 Å². The summed E-state index contributed by atoms with van der Waals surface area (Å²) in [4.78, 5) is 24.0. The first-order valence-corrected chi connectivity index (χ1v) is 11.2. The third kappa shape index (κ3) is 4.57. The average Bonchev–Trinajstić information content (AvgIpc) is 3.20. The van der Waals surface area contributed by atoms with Crippen LogP contribution in [0.2, 0.25) is 0 Å². The van der Waals surface area contributed by atoms with Crippen molar-refractivity contribution in [2.45, 2.75) is 6.92 Å². The van der Waals surface area contributed by atoms with E-state index in [2.05, 4.69) is 40.2 Å². The van der Waals surface area contributed by atoms with E-state index in [1.807, 2.05) is 43.3 Å². The van der Waals surface area contributed by atoms with Crippen LogP contribution in [0.25, 0.3) is 10.2 Å². The molecule has 1 fully saturated rings. The number of aromatic nitrogens is 1. The van der Waals surface area contributed by atoms with E-state index >= 15 is 0 Å². The fraction of sp³-hybridized carbons (Fsp3) is 0.391. The molecular weight excluding hydrogens is 394 g/mol. The minimum Gasteiger partial charge on any atom is -0.378 e. The summed E-state index contributed by atoms with van der Waals surface area (Å²) < 4.78 is 1.26. The molecule has 1 aromatic heterocycles. The van der Waals surface area contributed by atoms with Gasteiger partial charge in [-0.3, -0.25) is 9.69 Å². The summed E-state index contributed by atoms with van der Waals surface area (Å²) in [5.74, 6) is -0.0104. The van der Waals surface area contributed by atoms with Crippen molar-refractivity contribution >= 4 is 38.3 Å². The van der Waals surface area contributed by atoms with Crippen LogP contribution in [0.5, 0.6) is 0 Å². The van der Waals surface area contributed by atoms with Crippen molar-refractivity contribution in [3.05, 3.63) is 53.6 Å². The van der Waals surface area contributed by atoms with Crippen molar-refractivity contribution in [1.82, 2.24) is 15.2 Å². The van der Waals surface area contributed by atoms with Crippen LogP contribution in [0.3, 0.4) is 0 Å². The van der Waals surface area contributed by atoms with Crippen molar-refractivity contribution in [2.75, 3.05) is 63.2 Å². The van der Waals surface area contributed by atoms with Gasteiger partial charge in [-0.25, -0.2) is 4.98 Å². The lowest BCUT2D eigenvalue weighted by Crippen LogP contribution is -2.48. The highest BCUT2D eigenvalue weighted by Gasteiger charge is 2.20. The molecule has 1 aliphatic heterocycles. The smallest absolute Gasteiger partial charge is 0.251 e. The molecule has 6 nitrogen and oxygen atoms in total. The molecule has 2 aromatic carbocycles. The maximum atomic E-state index is 12.4. The molecule has 158 valence electrons. The number of carbonyl (C=O) groups excluding carboxylic acids is 1. The second-order valence-electron chi connectivity index (χ2n) is 7.94. The van der Waals surface area contributed by atoms with E-state index in [1.165, 1.54) is 10.3 Å². The number of anilines is 2. The molecule has 4 rings (SSSR count). The molecule has 0 unspecified atom stereocenters. The van der Waals surface area contributed by atoms with Gasteiger partial charge in [-0.2, -0.15) is 0 Å². The zero-order valence-electron chi connectivity index (χ0n) is 17.9. The molecule has 1 amide bonds. The van der Waals surface area contributed by atoms with E-state index in [4.69, 9.17) is 4.98 Å². The Morgan fingerprint density at radius 3 is 2.50 bits per heavy atom. The standard InChI is InChI=1S/C23H29N5OS/c1-17-5-4-6-20-21(17)25-23(30-20)28-15-13-27(14-16-28)12-11-24-22(29)18-7-9-19(10-8-18)26(2)3/h4-10H,11-16H2,1-3H3,(H,24,29). The largest absolute Gasteiger partial charge is 0.378 e. The van der Waals surface area contributed by atoms with Crippen molar-refractivity contribution in [3.8, 4) is 0 Å². The number of aryl methyl sites for hydroxylation is 1. The van der Waals surface area contributed by atoms with Gasteiger partial charge in [0.25, 0.3) is 5.91 Å². The van der Waals surface area contributed by atoms with Crippen LogP contribution in [-0.4, -0.2) is 69.2 Å². The summed E-state index contributed by atoms with van der Waals surface area (Å²) in [6.45, 7) is 7.57. The number of rotatable bonds is 6. The lowest BCUT2D eigenvalue weighted by Gasteiger charge is -2.34. The minimum atomic E-state index is -0.0104. The van der Waals surface area contributed by atoms with Crippen LogP contribution in [0.1, 0.15) is 15.9 Å². The van der Waals surface area contributed by atoms with E-state index in [1.54, 1.807) is 11.3 Å². The molecule has 0 spiro atoms. The number of fused-ring (bicyclic) bond motifs is 1. The zero-order valence-corrected chi connectivity index (χ0v) is 18.7. The second-order valence-corrected chi connectivity index (χ2v) is 8.95. The molecule has 3 aromatic rings. The molecule has 0 radical (unpaired) electrons. The number of piperazine rings is 1. The highest BCUT2D eigenvalue weighted by Crippen LogP contribution is 2.30. The third-order valence-electron chi connectivity index (χ3n) is 5.61. The molecule has 2 heterocycles. The zero-order chi connectivity index (χ0) is 21.1. The Kier molecular flexibility index (Phi) is 6.20. The Balaban J connectivity index is 1.24. The number of carbonyl (C=O) groups is 1. The van der Waals surface area contributed by atoms with Crippen molar-refractivity contribution in [3.63, 3.8) is 0 Å². The van der Waals surface area contributed by atoms with Crippen LogP contribution in [0, 0.1) is 6.92 Å². The summed E-state index contributed by atoms with van der Waals surface area (Å²) in [6.07, 6.45) is 0. The number of benzene rings is 2. The Labute approximate surface area is 182 Å². The Hall–Kier alpha value is -2.64. The topological polar surface area (TPSA) is 51.7 Å². The van der Waals surface area contributed by atoms with Crippen LogP contribution in [0.15, 0.2) is 42.5 Å². The molecular formula is C23H29N5OS. The van der Waals surface area contributed by atoms with E-state index in [9.17, 15) is 4.79 Å². The van der Waals surface area contributed by atoms with E-state index in [-0.39, 0.29) is 5.91 Å². The van der Waals surface area contributed by atoms with E-state index in [0.29, 0.717) is 12.1 Å². The predicted molar refractivity (Wildman–Crippen MR) is 126 cm³/mol. The molecule has 0 saturated carbocycles. The van der Waals surface area contributed by atoms with Crippen molar-refractivity contribution < 1.29 is 4.79 Å². The van der Waals surface area contributed by atoms with Crippen LogP contribution in [-0.2, 0) is 0 Å². The van der Waals surface area contributed by atoms with Crippen LogP contribution >= 0.6 is 11.3 Å². The number of nitrogens with zero attached hydrogens (tertiary/aromatic N) is 4.